The average Bonchev–Trinajstić information content (AvgIpc) is 2.11. The van der Waals surface area contributed by atoms with Crippen LogP contribution in [-0.2, 0) is 4.79 Å². The molecular weight excluding hydrogens is 124 g/mol. The molecule has 0 amide bonds. The molecule has 0 saturated carbocycles. The molecule has 5 heteroatoms. The summed E-state index contributed by atoms with van der Waals surface area (Å²) in [5.74, 6) is -0.833. The number of carbonyl (C=O) groups is 1. The average molecular weight is 130 g/mol. The molecule has 5 nitrogen and oxygen atoms in total. The van der Waals surface area contributed by atoms with Crippen molar-refractivity contribution in [2.24, 2.45) is 0 Å². The number of aliphatic carboxylic acids is 1. The molecular formula is C4H6N2O3. The first-order chi connectivity index (χ1) is 4.23. The van der Waals surface area contributed by atoms with E-state index >= 15 is 0 Å². The normalized spacial score (nSPS) is 7.22. The maximum absolute atomic E-state index is 9.00. The number of carboxylic acids is 1. The van der Waals surface area contributed by atoms with Crippen molar-refractivity contribution in [3.05, 3.63) is 12.8 Å². The Kier molecular flexibility index (Phi) is 4.03. The van der Waals surface area contributed by atoms with Gasteiger partial charge in [0.05, 0.1) is 0 Å². The van der Waals surface area contributed by atoms with Crippen molar-refractivity contribution in [2.45, 2.75) is 6.92 Å². The minimum atomic E-state index is -0.833. The van der Waals surface area contributed by atoms with Gasteiger partial charge in [0.2, 0.25) is 12.8 Å². The summed E-state index contributed by atoms with van der Waals surface area (Å²) in [5.41, 5.74) is 0. The van der Waals surface area contributed by atoms with Gasteiger partial charge in [0.1, 0.15) is 0 Å². The standard InChI is InChI=1S/C2H2N2O.C2H4O2/c1-3-4-2-5-1;1-2(3)4/h1-2H;1H3,(H,3,4). The first-order valence-corrected chi connectivity index (χ1v) is 2.12. The van der Waals surface area contributed by atoms with Crippen molar-refractivity contribution < 1.29 is 14.3 Å². The third kappa shape index (κ3) is 10.8. The van der Waals surface area contributed by atoms with Crippen molar-refractivity contribution in [1.29, 1.82) is 0 Å². The lowest BCUT2D eigenvalue weighted by Crippen LogP contribution is -1.78. The highest BCUT2D eigenvalue weighted by molar-refractivity contribution is 5.62. The number of carboxylic acid groups (broad SMARTS) is 1. The van der Waals surface area contributed by atoms with Gasteiger partial charge in [-0.1, -0.05) is 0 Å². The first-order valence-electron chi connectivity index (χ1n) is 2.12. The summed E-state index contributed by atoms with van der Waals surface area (Å²) < 4.78 is 4.36. The van der Waals surface area contributed by atoms with Crippen molar-refractivity contribution in [1.82, 2.24) is 10.2 Å². The Morgan fingerprint density at radius 2 is 1.89 bits per heavy atom. The molecule has 0 aliphatic rings. The summed E-state index contributed by atoms with van der Waals surface area (Å²) in [7, 11) is 0. The van der Waals surface area contributed by atoms with Crippen LogP contribution in [0.15, 0.2) is 17.2 Å². The number of rotatable bonds is 0. The van der Waals surface area contributed by atoms with Gasteiger partial charge in [-0.2, -0.15) is 0 Å². The smallest absolute Gasteiger partial charge is 0.300 e. The van der Waals surface area contributed by atoms with Crippen LogP contribution in [0.2, 0.25) is 0 Å². The topological polar surface area (TPSA) is 76.2 Å². The van der Waals surface area contributed by atoms with Crippen molar-refractivity contribution in [3.63, 3.8) is 0 Å². The van der Waals surface area contributed by atoms with Gasteiger partial charge in [0, 0.05) is 6.92 Å². The highest BCUT2D eigenvalue weighted by Gasteiger charge is 1.65. The predicted octanol–water partition coefficient (Wildman–Crippen LogP) is 0.160. The highest BCUT2D eigenvalue weighted by Crippen LogP contribution is 1.64. The Balaban J connectivity index is 0.000000148. The fourth-order valence-corrected chi connectivity index (χ4v) is 0.136. The zero-order chi connectivity index (χ0) is 7.11. The molecule has 0 radical (unpaired) electrons. The fraction of sp³-hybridized carbons (Fsp3) is 0.250. The molecule has 1 heterocycles. The Hall–Kier alpha value is -1.39. The van der Waals surface area contributed by atoms with Gasteiger partial charge < -0.3 is 9.52 Å². The molecule has 0 spiro atoms. The molecule has 50 valence electrons. The lowest BCUT2D eigenvalue weighted by molar-refractivity contribution is -0.134. The number of hydrogen-bond donors (Lipinski definition) is 1. The number of aromatic nitrogens is 2. The van der Waals surface area contributed by atoms with Gasteiger partial charge in [-0.25, -0.2) is 0 Å². The van der Waals surface area contributed by atoms with E-state index in [1.165, 1.54) is 12.8 Å². The third-order valence-corrected chi connectivity index (χ3v) is 0.283. The molecule has 1 N–H and O–H groups in total. The summed E-state index contributed by atoms with van der Waals surface area (Å²) in [6.07, 6.45) is 2.53. The van der Waals surface area contributed by atoms with Gasteiger partial charge in [0.15, 0.2) is 0 Å². The van der Waals surface area contributed by atoms with Gasteiger partial charge >= 0.3 is 0 Å². The van der Waals surface area contributed by atoms with E-state index < -0.39 is 5.97 Å². The zero-order valence-electron chi connectivity index (χ0n) is 4.81. The van der Waals surface area contributed by atoms with Gasteiger partial charge in [-0.05, 0) is 0 Å². The number of hydrogen-bond acceptors (Lipinski definition) is 4. The molecule has 0 atom stereocenters. The zero-order valence-corrected chi connectivity index (χ0v) is 4.81. The Labute approximate surface area is 51.3 Å². The van der Waals surface area contributed by atoms with Crippen LogP contribution in [0.3, 0.4) is 0 Å². The molecule has 0 saturated heterocycles. The van der Waals surface area contributed by atoms with Crippen LogP contribution in [0.4, 0.5) is 0 Å². The van der Waals surface area contributed by atoms with E-state index in [9.17, 15) is 0 Å². The molecule has 1 aromatic rings. The van der Waals surface area contributed by atoms with Crippen LogP contribution in [-0.4, -0.2) is 21.3 Å². The highest BCUT2D eigenvalue weighted by atomic mass is 16.4. The molecule has 0 unspecified atom stereocenters. The maximum atomic E-state index is 9.00. The lowest BCUT2D eigenvalue weighted by atomic mass is 10.9. The monoisotopic (exact) mass is 130 g/mol. The molecule has 0 bridgehead atoms. The Bertz CT molecular complexity index is 128. The summed E-state index contributed by atoms with van der Waals surface area (Å²) in [6, 6.07) is 0. The van der Waals surface area contributed by atoms with Crippen LogP contribution >= 0.6 is 0 Å². The maximum Gasteiger partial charge on any atom is 0.300 e. The van der Waals surface area contributed by atoms with E-state index in [1.54, 1.807) is 0 Å². The van der Waals surface area contributed by atoms with E-state index in [4.69, 9.17) is 9.90 Å². The molecule has 1 rings (SSSR count). The molecule has 1 aromatic heterocycles. The SMILES string of the molecule is CC(=O)O.c1nnco1. The summed E-state index contributed by atoms with van der Waals surface area (Å²) in [4.78, 5) is 9.00. The summed E-state index contributed by atoms with van der Waals surface area (Å²) >= 11 is 0. The van der Waals surface area contributed by atoms with Crippen molar-refractivity contribution in [3.8, 4) is 0 Å². The van der Waals surface area contributed by atoms with Crippen LogP contribution in [0, 0.1) is 0 Å². The van der Waals surface area contributed by atoms with Gasteiger partial charge in [0.25, 0.3) is 5.97 Å². The molecule has 9 heavy (non-hydrogen) atoms. The van der Waals surface area contributed by atoms with E-state index in [-0.39, 0.29) is 0 Å². The van der Waals surface area contributed by atoms with Crippen LogP contribution in [0.25, 0.3) is 0 Å². The van der Waals surface area contributed by atoms with Crippen LogP contribution in [0.5, 0.6) is 0 Å². The largest absolute Gasteiger partial charge is 0.481 e. The summed E-state index contributed by atoms with van der Waals surface area (Å²) in [6.45, 7) is 1.08. The molecule has 0 aliphatic heterocycles. The summed E-state index contributed by atoms with van der Waals surface area (Å²) in [5, 5.41) is 14.0. The van der Waals surface area contributed by atoms with Crippen molar-refractivity contribution >= 4 is 5.97 Å². The van der Waals surface area contributed by atoms with Gasteiger partial charge in [-0.3, -0.25) is 4.79 Å². The Morgan fingerprint density at radius 1 is 1.56 bits per heavy atom. The molecule has 0 fully saturated rings. The minimum Gasteiger partial charge on any atom is -0.481 e. The lowest BCUT2D eigenvalue weighted by Gasteiger charge is -1.59. The Morgan fingerprint density at radius 3 is 2.00 bits per heavy atom. The van der Waals surface area contributed by atoms with E-state index in [1.807, 2.05) is 0 Å². The molecule has 0 aliphatic carbocycles. The quantitative estimate of drug-likeness (QED) is 0.541. The van der Waals surface area contributed by atoms with E-state index in [2.05, 4.69) is 14.6 Å². The third-order valence-electron chi connectivity index (χ3n) is 0.283. The van der Waals surface area contributed by atoms with E-state index in [0.717, 1.165) is 6.92 Å². The first kappa shape index (κ1) is 7.61. The second kappa shape index (κ2) is 4.76. The minimum absolute atomic E-state index is 0.833. The fourth-order valence-electron chi connectivity index (χ4n) is 0.136. The number of nitrogens with zero attached hydrogens (tertiary/aromatic N) is 2. The van der Waals surface area contributed by atoms with Gasteiger partial charge in [-0.15, -0.1) is 10.2 Å². The second-order valence-electron chi connectivity index (χ2n) is 1.10. The van der Waals surface area contributed by atoms with Crippen molar-refractivity contribution in [2.75, 3.05) is 0 Å². The predicted molar refractivity (Wildman–Crippen MR) is 27.6 cm³/mol. The van der Waals surface area contributed by atoms with Crippen LogP contribution < -0.4 is 0 Å². The second-order valence-corrected chi connectivity index (χ2v) is 1.10. The van der Waals surface area contributed by atoms with Crippen LogP contribution in [0.1, 0.15) is 6.92 Å². The van der Waals surface area contributed by atoms with E-state index in [0.29, 0.717) is 0 Å². The molecule has 0 aromatic carbocycles.